The molecule has 2 atom stereocenters. The fourth-order valence-electron chi connectivity index (χ4n) is 2.50. The van der Waals surface area contributed by atoms with Gasteiger partial charge in [0.1, 0.15) is 6.04 Å². The normalized spacial score (nSPS) is 24.9. The van der Waals surface area contributed by atoms with Crippen LogP contribution in [0.2, 0.25) is 0 Å². The Morgan fingerprint density at radius 3 is 2.67 bits per heavy atom. The van der Waals surface area contributed by atoms with Crippen molar-refractivity contribution in [1.82, 2.24) is 5.32 Å². The smallest absolute Gasteiger partial charge is 0.322 e. The monoisotopic (exact) mass is 257 g/mol. The van der Waals surface area contributed by atoms with E-state index < -0.39 is 0 Å². The van der Waals surface area contributed by atoms with Gasteiger partial charge >= 0.3 is 5.97 Å². The molecule has 0 amide bonds. The van der Waals surface area contributed by atoms with Crippen LogP contribution >= 0.6 is 0 Å². The van der Waals surface area contributed by atoms with Gasteiger partial charge in [-0.1, -0.05) is 13.8 Å². The maximum Gasteiger partial charge on any atom is 0.322 e. The van der Waals surface area contributed by atoms with Gasteiger partial charge in [0.2, 0.25) is 0 Å². The first-order chi connectivity index (χ1) is 8.34. The van der Waals surface area contributed by atoms with Gasteiger partial charge in [-0.25, -0.2) is 0 Å². The van der Waals surface area contributed by atoms with E-state index in [1.807, 2.05) is 0 Å². The lowest BCUT2D eigenvalue weighted by Crippen LogP contribution is -2.50. The third-order valence-electron chi connectivity index (χ3n) is 3.33. The zero-order valence-electron chi connectivity index (χ0n) is 12.3. The molecule has 1 heterocycles. The number of rotatable bonds is 5. The van der Waals surface area contributed by atoms with Crippen LogP contribution in [0.15, 0.2) is 0 Å². The second-order valence-corrected chi connectivity index (χ2v) is 6.17. The molecule has 2 unspecified atom stereocenters. The van der Waals surface area contributed by atoms with Crippen molar-refractivity contribution in [3.05, 3.63) is 0 Å². The molecule has 1 fully saturated rings. The summed E-state index contributed by atoms with van der Waals surface area (Å²) in [6.07, 6.45) is 2.69. The summed E-state index contributed by atoms with van der Waals surface area (Å²) in [5.74, 6) is 0.308. The zero-order valence-corrected chi connectivity index (χ0v) is 12.3. The summed E-state index contributed by atoms with van der Waals surface area (Å²) in [6.45, 7) is 9.17. The Hall–Kier alpha value is -0.610. The molecule has 1 N–H and O–H groups in total. The Morgan fingerprint density at radius 2 is 2.17 bits per heavy atom. The topological polar surface area (TPSA) is 47.6 Å². The van der Waals surface area contributed by atoms with Crippen LogP contribution in [0.3, 0.4) is 0 Å². The van der Waals surface area contributed by atoms with Crippen molar-refractivity contribution in [2.45, 2.75) is 64.6 Å². The lowest BCUT2D eigenvalue weighted by molar-refractivity contribution is -0.144. The van der Waals surface area contributed by atoms with Crippen molar-refractivity contribution in [3.63, 3.8) is 0 Å². The van der Waals surface area contributed by atoms with Gasteiger partial charge in [-0.15, -0.1) is 0 Å². The fourth-order valence-corrected chi connectivity index (χ4v) is 2.50. The Labute approximate surface area is 110 Å². The van der Waals surface area contributed by atoms with Gasteiger partial charge in [-0.3, -0.25) is 4.79 Å². The highest BCUT2D eigenvalue weighted by Crippen LogP contribution is 2.24. The van der Waals surface area contributed by atoms with E-state index in [0.29, 0.717) is 12.0 Å². The summed E-state index contributed by atoms with van der Waals surface area (Å²) in [5.41, 5.74) is -0.103. The molecule has 0 radical (unpaired) electrons. The quantitative estimate of drug-likeness (QED) is 0.766. The van der Waals surface area contributed by atoms with Gasteiger partial charge in [0.25, 0.3) is 0 Å². The van der Waals surface area contributed by atoms with Gasteiger partial charge in [0.15, 0.2) is 0 Å². The minimum Gasteiger partial charge on any atom is -0.468 e. The zero-order chi connectivity index (χ0) is 13.8. The second-order valence-electron chi connectivity index (χ2n) is 6.17. The van der Waals surface area contributed by atoms with Crippen molar-refractivity contribution in [1.29, 1.82) is 0 Å². The van der Waals surface area contributed by atoms with Crippen molar-refractivity contribution in [2.24, 2.45) is 5.92 Å². The minimum atomic E-state index is -0.200. The van der Waals surface area contributed by atoms with Gasteiger partial charge < -0.3 is 14.8 Å². The van der Waals surface area contributed by atoms with Crippen LogP contribution in [0.25, 0.3) is 0 Å². The number of hydrogen-bond donors (Lipinski definition) is 1. The molecule has 1 rings (SSSR count). The van der Waals surface area contributed by atoms with E-state index >= 15 is 0 Å². The molecule has 0 spiro atoms. The molecular weight excluding hydrogens is 230 g/mol. The van der Waals surface area contributed by atoms with E-state index in [9.17, 15) is 4.79 Å². The lowest BCUT2D eigenvalue weighted by Gasteiger charge is -2.37. The summed E-state index contributed by atoms with van der Waals surface area (Å²) >= 11 is 0. The summed E-state index contributed by atoms with van der Waals surface area (Å²) in [6, 6.07) is 0.130. The van der Waals surface area contributed by atoms with E-state index in [1.54, 1.807) is 0 Å². The summed E-state index contributed by atoms with van der Waals surface area (Å²) < 4.78 is 10.6. The van der Waals surface area contributed by atoms with Crippen LogP contribution in [-0.4, -0.2) is 37.4 Å². The number of carbonyl (C=O) groups excluding carboxylic acids is 1. The maximum atomic E-state index is 11.8. The standard InChI is InChI=1S/C14H27NO3/c1-10(2)8-12(13(16)17-5)15-11-6-7-18-14(3,4)9-11/h10-12,15H,6-9H2,1-5H3. The van der Waals surface area contributed by atoms with Crippen LogP contribution in [0.4, 0.5) is 0 Å². The molecule has 1 saturated heterocycles. The summed E-state index contributed by atoms with van der Waals surface area (Å²) in [7, 11) is 1.45. The molecule has 0 aromatic rings. The van der Waals surface area contributed by atoms with E-state index in [4.69, 9.17) is 9.47 Å². The Bertz CT molecular complexity index is 276. The van der Waals surface area contributed by atoms with Crippen LogP contribution in [-0.2, 0) is 14.3 Å². The Balaban J connectivity index is 2.57. The van der Waals surface area contributed by atoms with Crippen LogP contribution < -0.4 is 5.32 Å². The average Bonchev–Trinajstić information content (AvgIpc) is 2.25. The number of esters is 1. The molecule has 0 aromatic heterocycles. The van der Waals surface area contributed by atoms with Crippen molar-refractivity contribution >= 4 is 5.97 Å². The number of methoxy groups -OCH3 is 1. The molecule has 4 nitrogen and oxygen atoms in total. The molecule has 1 aliphatic heterocycles. The first-order valence-corrected chi connectivity index (χ1v) is 6.82. The highest BCUT2D eigenvalue weighted by Gasteiger charge is 2.32. The van der Waals surface area contributed by atoms with E-state index in [-0.39, 0.29) is 17.6 Å². The van der Waals surface area contributed by atoms with E-state index in [0.717, 1.165) is 25.9 Å². The maximum absolute atomic E-state index is 11.8. The SMILES string of the molecule is COC(=O)C(CC(C)C)NC1CCOC(C)(C)C1. The molecule has 18 heavy (non-hydrogen) atoms. The van der Waals surface area contributed by atoms with Gasteiger partial charge in [0, 0.05) is 12.6 Å². The number of carbonyl (C=O) groups is 1. The van der Waals surface area contributed by atoms with E-state index in [1.165, 1.54) is 7.11 Å². The van der Waals surface area contributed by atoms with Crippen molar-refractivity contribution in [3.8, 4) is 0 Å². The molecule has 106 valence electrons. The number of nitrogens with one attached hydrogen (secondary N) is 1. The predicted octanol–water partition coefficient (Wildman–Crippen LogP) is 2.12. The average molecular weight is 257 g/mol. The fraction of sp³-hybridized carbons (Fsp3) is 0.929. The molecule has 0 aromatic carbocycles. The Kier molecular flexibility index (Phi) is 5.60. The van der Waals surface area contributed by atoms with Gasteiger partial charge in [-0.2, -0.15) is 0 Å². The van der Waals surface area contributed by atoms with Gasteiger partial charge in [0.05, 0.1) is 12.7 Å². The van der Waals surface area contributed by atoms with Crippen molar-refractivity contribution in [2.75, 3.05) is 13.7 Å². The molecule has 0 saturated carbocycles. The minimum absolute atomic E-state index is 0.103. The largest absolute Gasteiger partial charge is 0.468 e. The summed E-state index contributed by atoms with van der Waals surface area (Å²) in [4.78, 5) is 11.8. The first kappa shape index (κ1) is 15.4. The third kappa shape index (κ3) is 4.94. The first-order valence-electron chi connectivity index (χ1n) is 6.82. The number of hydrogen-bond acceptors (Lipinski definition) is 4. The molecule has 1 aliphatic rings. The van der Waals surface area contributed by atoms with Crippen LogP contribution in [0.5, 0.6) is 0 Å². The third-order valence-corrected chi connectivity index (χ3v) is 3.33. The molecule has 0 aliphatic carbocycles. The van der Waals surface area contributed by atoms with Crippen molar-refractivity contribution < 1.29 is 14.3 Å². The molecule has 4 heteroatoms. The molecule has 0 bridgehead atoms. The molecular formula is C14H27NO3. The number of ether oxygens (including phenoxy) is 2. The van der Waals surface area contributed by atoms with E-state index in [2.05, 4.69) is 33.0 Å². The highest BCUT2D eigenvalue weighted by atomic mass is 16.5. The highest BCUT2D eigenvalue weighted by molar-refractivity contribution is 5.75. The van der Waals surface area contributed by atoms with Crippen LogP contribution in [0, 0.1) is 5.92 Å². The Morgan fingerprint density at radius 1 is 1.50 bits per heavy atom. The summed E-state index contributed by atoms with van der Waals surface area (Å²) in [5, 5.41) is 3.44. The van der Waals surface area contributed by atoms with Crippen LogP contribution in [0.1, 0.15) is 47.0 Å². The predicted molar refractivity (Wildman–Crippen MR) is 71.4 cm³/mol. The second kappa shape index (κ2) is 6.53. The van der Waals surface area contributed by atoms with Gasteiger partial charge in [-0.05, 0) is 39.0 Å². The lowest BCUT2D eigenvalue weighted by atomic mass is 9.92.